The van der Waals surface area contributed by atoms with Crippen LogP contribution in [0, 0.1) is 5.82 Å². The lowest BCUT2D eigenvalue weighted by molar-refractivity contribution is 0.0984. The first kappa shape index (κ1) is 25.8. The van der Waals surface area contributed by atoms with Gasteiger partial charge in [0, 0.05) is 43.5 Å². The number of anilines is 3. The first-order valence-corrected chi connectivity index (χ1v) is 16.4. The molecule has 4 heterocycles. The van der Waals surface area contributed by atoms with Crippen LogP contribution in [0.1, 0.15) is 42.6 Å². The highest BCUT2D eigenvalue weighted by Gasteiger charge is 2.40. The van der Waals surface area contributed by atoms with Gasteiger partial charge >= 0.3 is 0 Å². The summed E-state index contributed by atoms with van der Waals surface area (Å²) < 4.78 is 20.2. The van der Waals surface area contributed by atoms with E-state index in [1.165, 1.54) is 23.5 Å². The number of rotatable bonds is 5. The molecule has 2 aliphatic rings. The smallest absolute Gasteiger partial charge is 0.270 e. The van der Waals surface area contributed by atoms with Gasteiger partial charge in [-0.1, -0.05) is 20.8 Å². The van der Waals surface area contributed by atoms with E-state index < -0.39 is 14.1 Å². The van der Waals surface area contributed by atoms with E-state index in [1.807, 2.05) is 18.3 Å². The molecule has 0 bridgehead atoms. The summed E-state index contributed by atoms with van der Waals surface area (Å²) in [4.78, 5) is 27.2. The second-order valence-electron chi connectivity index (χ2n) is 11.3. The van der Waals surface area contributed by atoms with Gasteiger partial charge in [-0.25, -0.2) is 14.4 Å². The van der Waals surface area contributed by atoms with Crippen molar-refractivity contribution in [1.29, 1.82) is 0 Å². The summed E-state index contributed by atoms with van der Waals surface area (Å²) in [6, 6.07) is 8.43. The summed E-state index contributed by atoms with van der Waals surface area (Å²) in [5.41, 5.74) is 8.03. The van der Waals surface area contributed by atoms with Crippen LogP contribution in [0.2, 0.25) is 18.1 Å². The predicted molar refractivity (Wildman–Crippen MR) is 150 cm³/mol. The molecule has 10 heteroatoms. The van der Waals surface area contributed by atoms with Crippen molar-refractivity contribution in [3.8, 4) is 10.6 Å². The maximum Gasteiger partial charge on any atom is 0.270 e. The van der Waals surface area contributed by atoms with Gasteiger partial charge in [-0.15, -0.1) is 11.3 Å². The fourth-order valence-corrected chi connectivity index (χ4v) is 6.95. The normalized spacial score (nSPS) is 18.4. The summed E-state index contributed by atoms with van der Waals surface area (Å²) in [6.45, 7) is 13.7. The van der Waals surface area contributed by atoms with Crippen LogP contribution in [0.3, 0.4) is 0 Å². The van der Waals surface area contributed by atoms with Crippen LogP contribution in [0.4, 0.5) is 21.6 Å². The zero-order chi connectivity index (χ0) is 26.5. The molecule has 37 heavy (non-hydrogen) atoms. The van der Waals surface area contributed by atoms with Gasteiger partial charge < -0.3 is 20.0 Å². The van der Waals surface area contributed by atoms with Crippen molar-refractivity contribution < 1.29 is 13.6 Å². The van der Waals surface area contributed by atoms with Gasteiger partial charge in [-0.3, -0.25) is 4.79 Å². The van der Waals surface area contributed by atoms with Gasteiger partial charge in [0.2, 0.25) is 0 Å². The predicted octanol–water partition coefficient (Wildman–Crippen LogP) is 5.73. The van der Waals surface area contributed by atoms with E-state index in [4.69, 9.17) is 20.1 Å². The van der Waals surface area contributed by atoms with E-state index in [0.717, 1.165) is 41.6 Å². The number of hydrogen-bond acceptors (Lipinski definition) is 7. The highest BCUT2D eigenvalue weighted by atomic mass is 32.1. The number of carbonyl (C=O) groups is 1. The molecule has 1 fully saturated rings. The molecule has 7 nitrogen and oxygen atoms in total. The number of nitrogen functional groups attached to an aromatic ring is 1. The average Bonchev–Trinajstić information content (AvgIpc) is 3.48. The SMILES string of the molecule is CC(C)(C)[Si](C)(C)O[C@@H]1CCN(c2ccc(-c3nc4c(s3)C(=O)N(c3ccc(F)c(N)c3)CC4)cn2)C1. The van der Waals surface area contributed by atoms with Gasteiger partial charge in [-0.2, -0.15) is 0 Å². The van der Waals surface area contributed by atoms with Crippen molar-refractivity contribution in [2.45, 2.75) is 57.8 Å². The van der Waals surface area contributed by atoms with Crippen molar-refractivity contribution in [3.05, 3.63) is 52.9 Å². The highest BCUT2D eigenvalue weighted by Crippen LogP contribution is 2.39. The average molecular weight is 540 g/mol. The Bertz CT molecular complexity index is 1320. The third-order valence-corrected chi connectivity index (χ3v) is 13.4. The number of nitrogens with two attached hydrogens (primary N) is 1. The summed E-state index contributed by atoms with van der Waals surface area (Å²) in [6.07, 6.45) is 3.71. The molecule has 2 aromatic heterocycles. The van der Waals surface area contributed by atoms with Gasteiger partial charge in [0.05, 0.1) is 17.5 Å². The number of fused-ring (bicyclic) bond motifs is 1. The number of pyridine rings is 1. The van der Waals surface area contributed by atoms with Crippen molar-refractivity contribution >= 4 is 42.8 Å². The molecule has 2 N–H and O–H groups in total. The quantitative estimate of drug-likeness (QED) is 0.329. The maximum atomic E-state index is 13.6. The number of benzene rings is 1. The maximum absolute atomic E-state index is 13.6. The molecule has 1 aromatic carbocycles. The number of nitrogens with zero attached hydrogens (tertiary/aromatic N) is 4. The van der Waals surface area contributed by atoms with Crippen LogP contribution in [-0.2, 0) is 10.8 Å². The molecule has 0 unspecified atom stereocenters. The van der Waals surface area contributed by atoms with E-state index in [-0.39, 0.29) is 22.7 Å². The molecule has 1 amide bonds. The number of thiazole rings is 1. The number of hydrogen-bond donors (Lipinski definition) is 1. The lowest BCUT2D eigenvalue weighted by Crippen LogP contribution is -2.44. The van der Waals surface area contributed by atoms with Crippen molar-refractivity contribution in [1.82, 2.24) is 9.97 Å². The Morgan fingerprint density at radius 2 is 1.97 bits per heavy atom. The molecule has 3 aromatic rings. The Kier molecular flexibility index (Phi) is 6.62. The molecule has 0 saturated carbocycles. The minimum Gasteiger partial charge on any atom is -0.412 e. The van der Waals surface area contributed by atoms with Crippen LogP contribution in [0.5, 0.6) is 0 Å². The third kappa shape index (κ3) is 5.02. The van der Waals surface area contributed by atoms with Crippen LogP contribution in [-0.4, -0.2) is 49.9 Å². The standard InChI is InChI=1S/C27H34FN5O2SSi/c1-27(2,3)37(4,5)35-19-10-12-32(16-19)23-9-6-17(15-30-23)25-31-22-11-13-33(26(34)24(22)36-25)18-7-8-20(28)21(29)14-18/h6-9,14-15,19H,10-13,16,29H2,1-5H3/t19-/m1/s1. The summed E-state index contributed by atoms with van der Waals surface area (Å²) in [5.74, 6) is 0.311. The first-order chi connectivity index (χ1) is 17.4. The molecule has 1 atom stereocenters. The largest absolute Gasteiger partial charge is 0.412 e. The van der Waals surface area contributed by atoms with E-state index >= 15 is 0 Å². The number of amides is 1. The van der Waals surface area contributed by atoms with E-state index in [2.05, 4.69) is 38.8 Å². The van der Waals surface area contributed by atoms with Gasteiger partial charge in [-0.05, 0) is 54.9 Å². The molecule has 0 aliphatic carbocycles. The van der Waals surface area contributed by atoms with Gasteiger partial charge in [0.15, 0.2) is 8.32 Å². The van der Waals surface area contributed by atoms with Crippen molar-refractivity contribution in [2.75, 3.05) is 35.2 Å². The summed E-state index contributed by atoms with van der Waals surface area (Å²) in [5, 5.41) is 0.969. The molecule has 0 radical (unpaired) electrons. The zero-order valence-electron chi connectivity index (χ0n) is 22.0. The minimum atomic E-state index is -1.80. The Labute approximate surface area is 222 Å². The van der Waals surface area contributed by atoms with E-state index in [9.17, 15) is 9.18 Å². The molecular weight excluding hydrogens is 505 g/mol. The van der Waals surface area contributed by atoms with E-state index in [1.54, 1.807) is 11.0 Å². The van der Waals surface area contributed by atoms with Crippen LogP contribution >= 0.6 is 11.3 Å². The molecular formula is C27H34FN5O2SSi. The molecule has 0 spiro atoms. The third-order valence-electron chi connectivity index (χ3n) is 7.73. The Morgan fingerprint density at radius 3 is 2.65 bits per heavy atom. The second-order valence-corrected chi connectivity index (χ2v) is 17.1. The Hall–Kier alpha value is -2.82. The van der Waals surface area contributed by atoms with Gasteiger partial charge in [0.1, 0.15) is 21.5 Å². The molecule has 196 valence electrons. The molecule has 5 rings (SSSR count). The minimum absolute atomic E-state index is 0.0307. The van der Waals surface area contributed by atoms with Crippen molar-refractivity contribution in [2.24, 2.45) is 0 Å². The summed E-state index contributed by atoms with van der Waals surface area (Å²) in [7, 11) is -1.80. The second kappa shape index (κ2) is 9.49. The van der Waals surface area contributed by atoms with Gasteiger partial charge in [0.25, 0.3) is 5.91 Å². The number of halogens is 1. The molecule has 1 saturated heterocycles. The first-order valence-electron chi connectivity index (χ1n) is 12.7. The molecule has 2 aliphatic heterocycles. The number of carbonyl (C=O) groups excluding carboxylic acids is 1. The zero-order valence-corrected chi connectivity index (χ0v) is 23.9. The van der Waals surface area contributed by atoms with Crippen molar-refractivity contribution in [3.63, 3.8) is 0 Å². The highest BCUT2D eigenvalue weighted by molar-refractivity contribution is 7.17. The monoisotopic (exact) mass is 539 g/mol. The summed E-state index contributed by atoms with van der Waals surface area (Å²) >= 11 is 1.37. The van der Waals surface area contributed by atoms with E-state index in [0.29, 0.717) is 23.5 Å². The lowest BCUT2D eigenvalue weighted by Gasteiger charge is -2.38. The topological polar surface area (TPSA) is 84.6 Å². The van der Waals surface area contributed by atoms with Crippen LogP contribution < -0.4 is 15.5 Å². The Balaban J connectivity index is 1.28. The fourth-order valence-electron chi connectivity index (χ4n) is 4.52. The fraction of sp³-hybridized carbons (Fsp3) is 0.444. The Morgan fingerprint density at radius 1 is 1.19 bits per heavy atom. The number of aromatic nitrogens is 2. The van der Waals surface area contributed by atoms with Crippen LogP contribution in [0.15, 0.2) is 36.5 Å². The van der Waals surface area contributed by atoms with Crippen LogP contribution in [0.25, 0.3) is 10.6 Å². The lowest BCUT2D eigenvalue weighted by atomic mass is 10.1.